The van der Waals surface area contributed by atoms with Crippen LogP contribution in [0.2, 0.25) is 0 Å². The molecule has 0 saturated heterocycles. The fraction of sp³-hybridized carbons (Fsp3) is 0.176. The Balaban J connectivity index is 1.52. The summed E-state index contributed by atoms with van der Waals surface area (Å²) in [6, 6.07) is 24.4. The third kappa shape index (κ3) is 5.47. The van der Waals surface area contributed by atoms with Crippen LogP contribution in [0.3, 0.4) is 0 Å². The number of benzene rings is 3. The van der Waals surface area contributed by atoms with E-state index in [9.17, 15) is 14.4 Å². The van der Waals surface area contributed by atoms with Crippen molar-refractivity contribution in [1.82, 2.24) is 9.13 Å². The Morgan fingerprint density at radius 3 is 2.56 bits per heavy atom. The first-order valence-electron chi connectivity index (χ1n) is 13.9. The van der Waals surface area contributed by atoms with E-state index in [4.69, 9.17) is 9.47 Å². The van der Waals surface area contributed by atoms with Gasteiger partial charge in [0.2, 0.25) is 0 Å². The van der Waals surface area contributed by atoms with Crippen LogP contribution in [0.4, 0.5) is 0 Å². The maximum Gasteiger partial charge on any atom is 0.338 e. The molecule has 1 atom stereocenters. The third-order valence-electron chi connectivity index (χ3n) is 7.25. The van der Waals surface area contributed by atoms with Gasteiger partial charge in [-0.1, -0.05) is 72.0 Å². The van der Waals surface area contributed by atoms with E-state index < -0.39 is 18.0 Å². The second-order valence-corrected chi connectivity index (χ2v) is 11.2. The molecule has 6 rings (SSSR count). The Bertz CT molecular complexity index is 2090. The minimum atomic E-state index is -0.813. The van der Waals surface area contributed by atoms with Crippen molar-refractivity contribution in [2.24, 2.45) is 4.99 Å². The molecule has 5 aromatic rings. The standard InChI is InChI=1S/C34H29N3O5S/c1-4-41-33(40)30-21(2)35-34-37(31(30)24-13-10-14-26(17-24)42-22(3)38)32(39)29(43-34)18-25-20-36(19-23-11-6-5-7-12-23)28-16-9-8-15-27(25)28/h5-18,20,31H,4,19H2,1-3H3/b29-18-/t31-/m0/s1. The molecule has 0 bridgehead atoms. The molecule has 2 aromatic heterocycles. The Morgan fingerprint density at radius 1 is 1.02 bits per heavy atom. The summed E-state index contributed by atoms with van der Waals surface area (Å²) in [5.41, 5.74) is 4.20. The van der Waals surface area contributed by atoms with E-state index in [2.05, 4.69) is 34.0 Å². The number of rotatable bonds is 7. The summed E-state index contributed by atoms with van der Waals surface area (Å²) >= 11 is 1.27. The summed E-state index contributed by atoms with van der Waals surface area (Å²) in [6.45, 7) is 5.65. The molecule has 0 spiro atoms. The molecular weight excluding hydrogens is 562 g/mol. The predicted octanol–water partition coefficient (Wildman–Crippen LogP) is 4.73. The van der Waals surface area contributed by atoms with Crippen LogP contribution in [0.5, 0.6) is 5.75 Å². The number of nitrogens with zero attached hydrogens (tertiary/aromatic N) is 3. The van der Waals surface area contributed by atoms with Crippen LogP contribution in [-0.4, -0.2) is 27.7 Å². The van der Waals surface area contributed by atoms with E-state index in [1.165, 1.54) is 28.4 Å². The normalized spacial score (nSPS) is 14.9. The van der Waals surface area contributed by atoms with Crippen LogP contribution >= 0.6 is 11.3 Å². The average Bonchev–Trinajstić information content (AvgIpc) is 3.49. The summed E-state index contributed by atoms with van der Waals surface area (Å²) in [4.78, 5) is 44.2. The van der Waals surface area contributed by atoms with Gasteiger partial charge in [-0.05, 0) is 49.2 Å². The lowest BCUT2D eigenvalue weighted by Crippen LogP contribution is -2.39. The summed E-state index contributed by atoms with van der Waals surface area (Å²) in [7, 11) is 0. The summed E-state index contributed by atoms with van der Waals surface area (Å²) in [5, 5.41) is 1.03. The van der Waals surface area contributed by atoms with Gasteiger partial charge in [-0.25, -0.2) is 9.79 Å². The van der Waals surface area contributed by atoms with E-state index in [0.29, 0.717) is 32.9 Å². The molecule has 8 nitrogen and oxygen atoms in total. The van der Waals surface area contributed by atoms with Gasteiger partial charge in [-0.2, -0.15) is 0 Å². The molecular formula is C34H29N3O5S. The van der Waals surface area contributed by atoms with Gasteiger partial charge < -0.3 is 14.0 Å². The van der Waals surface area contributed by atoms with Gasteiger partial charge >= 0.3 is 11.9 Å². The van der Waals surface area contributed by atoms with Crippen LogP contribution in [0.15, 0.2) is 106 Å². The molecule has 43 heavy (non-hydrogen) atoms. The van der Waals surface area contributed by atoms with Crippen molar-refractivity contribution in [1.29, 1.82) is 0 Å². The van der Waals surface area contributed by atoms with Crippen LogP contribution in [0.1, 0.15) is 43.5 Å². The Morgan fingerprint density at radius 2 is 1.79 bits per heavy atom. The maximum atomic E-state index is 14.1. The number of ether oxygens (including phenoxy) is 2. The Hall–Kier alpha value is -5.02. The number of thiazole rings is 1. The lowest BCUT2D eigenvalue weighted by atomic mass is 9.95. The highest BCUT2D eigenvalue weighted by Gasteiger charge is 2.33. The molecule has 1 aliphatic rings. The smallest absolute Gasteiger partial charge is 0.338 e. The summed E-state index contributed by atoms with van der Waals surface area (Å²) in [6.07, 6.45) is 3.95. The number of hydrogen-bond donors (Lipinski definition) is 0. The number of esters is 2. The van der Waals surface area contributed by atoms with Crippen LogP contribution in [0, 0.1) is 0 Å². The first kappa shape index (κ1) is 28.1. The molecule has 0 N–H and O–H groups in total. The van der Waals surface area contributed by atoms with Crippen molar-refractivity contribution in [2.45, 2.75) is 33.4 Å². The van der Waals surface area contributed by atoms with E-state index in [0.717, 1.165) is 16.5 Å². The van der Waals surface area contributed by atoms with E-state index in [-0.39, 0.29) is 17.7 Å². The quantitative estimate of drug-likeness (QED) is 0.202. The first-order valence-corrected chi connectivity index (χ1v) is 14.8. The zero-order chi connectivity index (χ0) is 30.1. The number of carbonyl (C=O) groups is 2. The van der Waals surface area contributed by atoms with E-state index in [1.807, 2.05) is 42.5 Å². The van der Waals surface area contributed by atoms with Gasteiger partial charge in [0, 0.05) is 36.1 Å². The molecule has 0 unspecified atom stereocenters. The lowest BCUT2D eigenvalue weighted by Gasteiger charge is -2.25. The number of aromatic nitrogens is 2. The van der Waals surface area contributed by atoms with Crippen molar-refractivity contribution >= 4 is 40.3 Å². The Labute approximate surface area is 251 Å². The SMILES string of the molecule is CCOC(=O)C1=C(C)N=c2s/c(=C\c3cn(Cc4ccccc4)c4ccccc34)c(=O)n2[C@H]1c1cccc(OC(C)=O)c1. The van der Waals surface area contributed by atoms with Gasteiger partial charge in [0.1, 0.15) is 5.75 Å². The Kier molecular flexibility index (Phi) is 7.65. The number of allylic oxidation sites excluding steroid dienone is 1. The van der Waals surface area contributed by atoms with Gasteiger partial charge in [-0.15, -0.1) is 0 Å². The van der Waals surface area contributed by atoms with Crippen molar-refractivity contribution in [3.8, 4) is 5.75 Å². The second kappa shape index (κ2) is 11.7. The third-order valence-corrected chi connectivity index (χ3v) is 8.24. The number of para-hydroxylation sites is 1. The molecule has 0 radical (unpaired) electrons. The van der Waals surface area contributed by atoms with Crippen molar-refractivity contribution in [3.63, 3.8) is 0 Å². The molecule has 1 aliphatic heterocycles. The fourth-order valence-electron chi connectivity index (χ4n) is 5.46. The zero-order valence-corrected chi connectivity index (χ0v) is 24.8. The van der Waals surface area contributed by atoms with E-state index >= 15 is 0 Å². The molecule has 3 heterocycles. The monoisotopic (exact) mass is 591 g/mol. The zero-order valence-electron chi connectivity index (χ0n) is 23.9. The first-order chi connectivity index (χ1) is 20.8. The molecule has 9 heteroatoms. The minimum Gasteiger partial charge on any atom is -0.463 e. The van der Waals surface area contributed by atoms with Gasteiger partial charge in [0.05, 0.1) is 28.5 Å². The highest BCUT2D eigenvalue weighted by molar-refractivity contribution is 7.07. The average molecular weight is 592 g/mol. The predicted molar refractivity (Wildman–Crippen MR) is 166 cm³/mol. The summed E-state index contributed by atoms with van der Waals surface area (Å²) in [5.74, 6) is -0.703. The van der Waals surface area contributed by atoms with Gasteiger partial charge in [0.25, 0.3) is 5.56 Å². The molecule has 0 amide bonds. The minimum absolute atomic E-state index is 0.174. The highest BCUT2D eigenvalue weighted by Crippen LogP contribution is 2.32. The number of carbonyl (C=O) groups excluding carboxylic acids is 2. The van der Waals surface area contributed by atoms with Gasteiger partial charge in [-0.3, -0.25) is 14.2 Å². The molecule has 0 saturated carbocycles. The van der Waals surface area contributed by atoms with E-state index in [1.54, 1.807) is 38.1 Å². The van der Waals surface area contributed by atoms with Crippen LogP contribution in [0.25, 0.3) is 17.0 Å². The largest absolute Gasteiger partial charge is 0.463 e. The fourth-order valence-corrected chi connectivity index (χ4v) is 6.50. The lowest BCUT2D eigenvalue weighted by molar-refractivity contribution is -0.139. The summed E-state index contributed by atoms with van der Waals surface area (Å²) < 4.78 is 14.9. The molecule has 216 valence electrons. The maximum absolute atomic E-state index is 14.1. The highest BCUT2D eigenvalue weighted by atomic mass is 32.1. The van der Waals surface area contributed by atoms with Crippen LogP contribution in [-0.2, 0) is 20.9 Å². The topological polar surface area (TPSA) is 91.9 Å². The number of hydrogen-bond acceptors (Lipinski definition) is 7. The molecule has 3 aromatic carbocycles. The van der Waals surface area contributed by atoms with Crippen molar-refractivity contribution in [2.75, 3.05) is 6.61 Å². The molecule has 0 aliphatic carbocycles. The number of fused-ring (bicyclic) bond motifs is 2. The van der Waals surface area contributed by atoms with Gasteiger partial charge in [0.15, 0.2) is 4.80 Å². The second-order valence-electron chi connectivity index (χ2n) is 10.2. The van der Waals surface area contributed by atoms with Crippen LogP contribution < -0.4 is 19.6 Å². The van der Waals surface area contributed by atoms with Crippen molar-refractivity contribution in [3.05, 3.63) is 133 Å². The van der Waals surface area contributed by atoms with Crippen molar-refractivity contribution < 1.29 is 19.1 Å². The molecule has 0 fully saturated rings.